The molecule has 1 atom stereocenters. The maximum Gasteiger partial charge on any atom is 0.150 e. The highest BCUT2D eigenvalue weighted by Gasteiger charge is 2.44. The van der Waals surface area contributed by atoms with Crippen LogP contribution >= 0.6 is 0 Å². The molecule has 1 spiro atoms. The molecule has 0 aliphatic carbocycles. The predicted molar refractivity (Wildman–Crippen MR) is 67.2 cm³/mol. The van der Waals surface area contributed by atoms with Gasteiger partial charge < -0.3 is 9.84 Å². The molecule has 2 aliphatic heterocycles. The van der Waals surface area contributed by atoms with Crippen LogP contribution in [-0.2, 0) is 9.84 Å². The van der Waals surface area contributed by atoms with Gasteiger partial charge in [-0.15, -0.1) is 0 Å². The van der Waals surface area contributed by atoms with Gasteiger partial charge in [0.2, 0.25) is 0 Å². The minimum absolute atomic E-state index is 0.0796. The Morgan fingerprint density at radius 1 is 1.32 bits per heavy atom. The molecule has 104 valence electrons. The first-order valence-electron chi connectivity index (χ1n) is 6.26. The number of fused-ring (bicyclic) bond motifs is 1. The van der Waals surface area contributed by atoms with Gasteiger partial charge in [-0.3, -0.25) is 0 Å². The van der Waals surface area contributed by atoms with Crippen LogP contribution in [0, 0.1) is 5.82 Å². The average Bonchev–Trinajstić information content (AvgIpc) is 2.35. The second-order valence-electron chi connectivity index (χ2n) is 5.34. The summed E-state index contributed by atoms with van der Waals surface area (Å²) in [5.41, 5.74) is -0.186. The van der Waals surface area contributed by atoms with E-state index in [-0.39, 0.29) is 11.5 Å². The van der Waals surface area contributed by atoms with E-state index in [9.17, 15) is 17.9 Å². The Kier molecular flexibility index (Phi) is 2.83. The van der Waals surface area contributed by atoms with E-state index < -0.39 is 27.4 Å². The molecule has 2 aliphatic rings. The molecule has 1 aromatic rings. The van der Waals surface area contributed by atoms with Gasteiger partial charge in [0, 0.05) is 24.8 Å². The molecule has 1 N–H and O–H groups in total. The van der Waals surface area contributed by atoms with E-state index in [2.05, 4.69) is 0 Å². The van der Waals surface area contributed by atoms with Crippen LogP contribution in [0.1, 0.15) is 30.9 Å². The SMILES string of the molecule is O=S1(=O)CCC2(CC1)C[C@@H](O)c1cc(F)ccc1O2. The molecule has 0 aromatic heterocycles. The van der Waals surface area contributed by atoms with Gasteiger partial charge in [-0.2, -0.15) is 0 Å². The van der Waals surface area contributed by atoms with Crippen LogP contribution in [0.15, 0.2) is 18.2 Å². The lowest BCUT2D eigenvalue weighted by atomic mass is 9.84. The molecular formula is C13H15FO4S. The maximum atomic E-state index is 13.2. The van der Waals surface area contributed by atoms with Crippen molar-refractivity contribution in [1.82, 2.24) is 0 Å². The zero-order valence-electron chi connectivity index (χ0n) is 10.3. The first-order chi connectivity index (χ1) is 8.89. The lowest BCUT2D eigenvalue weighted by molar-refractivity contribution is -0.0210. The molecule has 0 radical (unpaired) electrons. The van der Waals surface area contributed by atoms with Crippen molar-refractivity contribution in [3.63, 3.8) is 0 Å². The van der Waals surface area contributed by atoms with Crippen LogP contribution in [0.2, 0.25) is 0 Å². The summed E-state index contributed by atoms with van der Waals surface area (Å²) in [7, 11) is -2.98. The van der Waals surface area contributed by atoms with Crippen LogP contribution in [0.5, 0.6) is 5.75 Å². The Balaban J connectivity index is 1.91. The number of hydrogen-bond donors (Lipinski definition) is 1. The third kappa shape index (κ3) is 2.34. The molecule has 19 heavy (non-hydrogen) atoms. The minimum Gasteiger partial charge on any atom is -0.487 e. The molecule has 2 heterocycles. The smallest absolute Gasteiger partial charge is 0.150 e. The van der Waals surface area contributed by atoms with Gasteiger partial charge in [0.05, 0.1) is 17.6 Å². The van der Waals surface area contributed by atoms with Crippen LogP contribution in [-0.4, -0.2) is 30.6 Å². The van der Waals surface area contributed by atoms with Crippen molar-refractivity contribution in [1.29, 1.82) is 0 Å². The summed E-state index contributed by atoms with van der Waals surface area (Å²) in [6, 6.07) is 4.05. The fourth-order valence-corrected chi connectivity index (χ4v) is 4.40. The number of aliphatic hydroxyl groups is 1. The summed E-state index contributed by atoms with van der Waals surface area (Å²) in [4.78, 5) is 0. The second-order valence-corrected chi connectivity index (χ2v) is 7.64. The second kappa shape index (κ2) is 4.18. The quantitative estimate of drug-likeness (QED) is 0.786. The number of benzene rings is 1. The molecule has 0 unspecified atom stereocenters. The number of ether oxygens (including phenoxy) is 1. The standard InChI is InChI=1S/C13H15FO4S/c14-9-1-2-12-10(7-9)11(15)8-13(18-12)3-5-19(16,17)6-4-13/h1-2,7,11,15H,3-6,8H2/t11-/m1/s1. The Labute approximate surface area is 111 Å². The molecule has 6 heteroatoms. The Hall–Kier alpha value is -1.14. The third-order valence-electron chi connectivity index (χ3n) is 3.96. The normalized spacial score (nSPS) is 27.6. The van der Waals surface area contributed by atoms with E-state index in [0.29, 0.717) is 30.6 Å². The first-order valence-corrected chi connectivity index (χ1v) is 8.08. The van der Waals surface area contributed by atoms with Crippen LogP contribution < -0.4 is 4.74 Å². The van der Waals surface area contributed by atoms with E-state index in [1.165, 1.54) is 18.2 Å². The van der Waals surface area contributed by atoms with E-state index in [0.717, 1.165) is 0 Å². The van der Waals surface area contributed by atoms with E-state index in [4.69, 9.17) is 4.74 Å². The van der Waals surface area contributed by atoms with Crippen molar-refractivity contribution in [3.05, 3.63) is 29.6 Å². The van der Waals surface area contributed by atoms with Gasteiger partial charge in [0.25, 0.3) is 0 Å². The molecule has 1 saturated heterocycles. The highest BCUT2D eigenvalue weighted by Crippen LogP contribution is 2.44. The molecule has 4 nitrogen and oxygen atoms in total. The van der Waals surface area contributed by atoms with Gasteiger partial charge in [0.1, 0.15) is 17.2 Å². The largest absolute Gasteiger partial charge is 0.487 e. The number of aliphatic hydroxyl groups excluding tert-OH is 1. The minimum atomic E-state index is -2.98. The number of halogens is 1. The van der Waals surface area contributed by atoms with Crippen molar-refractivity contribution in [2.24, 2.45) is 0 Å². The van der Waals surface area contributed by atoms with E-state index in [1.807, 2.05) is 0 Å². The van der Waals surface area contributed by atoms with Crippen molar-refractivity contribution in [2.45, 2.75) is 31.0 Å². The third-order valence-corrected chi connectivity index (χ3v) is 5.61. The van der Waals surface area contributed by atoms with Gasteiger partial charge in [-0.05, 0) is 18.2 Å². The molecule has 1 fully saturated rings. The van der Waals surface area contributed by atoms with Gasteiger partial charge >= 0.3 is 0 Å². The van der Waals surface area contributed by atoms with E-state index >= 15 is 0 Å². The van der Waals surface area contributed by atoms with Gasteiger partial charge in [-0.1, -0.05) is 0 Å². The highest BCUT2D eigenvalue weighted by molar-refractivity contribution is 7.91. The zero-order valence-corrected chi connectivity index (χ0v) is 11.1. The summed E-state index contributed by atoms with van der Waals surface area (Å²) >= 11 is 0. The van der Waals surface area contributed by atoms with Crippen molar-refractivity contribution in [2.75, 3.05) is 11.5 Å². The average molecular weight is 286 g/mol. The fourth-order valence-electron chi connectivity index (χ4n) is 2.83. The number of sulfone groups is 1. The van der Waals surface area contributed by atoms with E-state index in [1.54, 1.807) is 0 Å². The highest BCUT2D eigenvalue weighted by atomic mass is 32.2. The summed E-state index contributed by atoms with van der Waals surface area (Å²) in [5.74, 6) is 0.204. The van der Waals surface area contributed by atoms with Crippen LogP contribution in [0.25, 0.3) is 0 Å². The number of rotatable bonds is 0. The summed E-state index contributed by atoms with van der Waals surface area (Å²) < 4.78 is 42.0. The maximum absolute atomic E-state index is 13.2. The molecular weight excluding hydrogens is 271 g/mol. The first kappa shape index (κ1) is 12.9. The number of hydrogen-bond acceptors (Lipinski definition) is 4. The molecule has 0 amide bonds. The Bertz CT molecular complexity index is 597. The molecule has 0 bridgehead atoms. The summed E-state index contributed by atoms with van der Waals surface area (Å²) in [6.45, 7) is 0. The van der Waals surface area contributed by atoms with Crippen molar-refractivity contribution >= 4 is 9.84 Å². The van der Waals surface area contributed by atoms with Crippen LogP contribution in [0.3, 0.4) is 0 Å². The van der Waals surface area contributed by atoms with Crippen LogP contribution in [0.4, 0.5) is 4.39 Å². The molecule has 3 rings (SSSR count). The van der Waals surface area contributed by atoms with Crippen molar-refractivity contribution in [3.8, 4) is 5.75 Å². The molecule has 0 saturated carbocycles. The topological polar surface area (TPSA) is 63.6 Å². The van der Waals surface area contributed by atoms with Gasteiger partial charge in [-0.25, -0.2) is 12.8 Å². The lowest BCUT2D eigenvalue weighted by Crippen LogP contribution is -2.47. The summed E-state index contributed by atoms with van der Waals surface area (Å²) in [5, 5.41) is 10.1. The Morgan fingerprint density at radius 2 is 2.00 bits per heavy atom. The Morgan fingerprint density at radius 3 is 2.68 bits per heavy atom. The fraction of sp³-hybridized carbons (Fsp3) is 0.538. The monoisotopic (exact) mass is 286 g/mol. The molecule has 1 aromatic carbocycles. The summed E-state index contributed by atoms with van der Waals surface area (Å²) in [6.07, 6.45) is 0.269. The van der Waals surface area contributed by atoms with Crippen molar-refractivity contribution < 1.29 is 22.7 Å². The zero-order chi connectivity index (χ0) is 13.7. The lowest BCUT2D eigenvalue weighted by Gasteiger charge is -2.43. The predicted octanol–water partition coefficient (Wildman–Crippen LogP) is 1.59. The van der Waals surface area contributed by atoms with Gasteiger partial charge in [0.15, 0.2) is 9.84 Å².